The maximum absolute atomic E-state index is 13.1. The topological polar surface area (TPSA) is 89.7 Å². The molecule has 1 heterocycles. The predicted octanol–water partition coefficient (Wildman–Crippen LogP) is 3.47. The maximum atomic E-state index is 13.1. The maximum Gasteiger partial charge on any atom is 0.339 e. The Balaban J connectivity index is 1.89. The fourth-order valence-electron chi connectivity index (χ4n) is 2.71. The van der Waals surface area contributed by atoms with Crippen LogP contribution in [0.25, 0.3) is 0 Å². The van der Waals surface area contributed by atoms with Gasteiger partial charge in [0.05, 0.1) is 22.5 Å². The lowest BCUT2D eigenvalue weighted by Gasteiger charge is -2.20. The number of esters is 1. The molecule has 7 nitrogen and oxygen atoms in total. The van der Waals surface area contributed by atoms with Crippen LogP contribution in [0.1, 0.15) is 27.4 Å². The number of para-hydroxylation sites is 1. The summed E-state index contributed by atoms with van der Waals surface area (Å²) in [5, 5.41) is 3.81. The molecule has 0 saturated carbocycles. The van der Waals surface area contributed by atoms with Gasteiger partial charge in [0.25, 0.3) is 10.0 Å². The first-order chi connectivity index (χ1) is 13.3. The summed E-state index contributed by atoms with van der Waals surface area (Å²) in [6.45, 7) is 3.41. The highest BCUT2D eigenvalue weighted by Crippen LogP contribution is 2.25. The lowest BCUT2D eigenvalue weighted by atomic mass is 10.2. The molecule has 0 fully saturated rings. The molecule has 0 aliphatic carbocycles. The van der Waals surface area contributed by atoms with E-state index < -0.39 is 16.0 Å². The van der Waals surface area contributed by atoms with E-state index in [4.69, 9.17) is 9.26 Å². The zero-order chi connectivity index (χ0) is 20.3. The van der Waals surface area contributed by atoms with Crippen LogP contribution >= 0.6 is 0 Å². The molecule has 28 heavy (non-hydrogen) atoms. The number of sulfonamides is 1. The van der Waals surface area contributed by atoms with Gasteiger partial charge in [0.15, 0.2) is 0 Å². The quantitative estimate of drug-likeness (QED) is 0.589. The van der Waals surface area contributed by atoms with E-state index in [0.717, 1.165) is 4.31 Å². The van der Waals surface area contributed by atoms with Crippen molar-refractivity contribution in [3.8, 4) is 0 Å². The molecule has 8 heteroatoms. The van der Waals surface area contributed by atoms with Gasteiger partial charge in [-0.15, -0.1) is 0 Å². The first-order valence-corrected chi connectivity index (χ1v) is 9.98. The number of carbonyl (C=O) groups is 1. The minimum atomic E-state index is -3.95. The summed E-state index contributed by atoms with van der Waals surface area (Å²) in [6, 6.07) is 14.6. The van der Waals surface area contributed by atoms with E-state index in [9.17, 15) is 13.2 Å². The van der Waals surface area contributed by atoms with Crippen molar-refractivity contribution in [2.75, 3.05) is 11.4 Å². The first kappa shape index (κ1) is 19.6. The molecule has 2 aromatic carbocycles. The molecule has 0 aliphatic heterocycles. The molecule has 0 atom stereocenters. The zero-order valence-electron chi connectivity index (χ0n) is 15.7. The summed E-state index contributed by atoms with van der Waals surface area (Å²) in [7, 11) is -2.51. The van der Waals surface area contributed by atoms with Crippen LogP contribution in [0.2, 0.25) is 0 Å². The van der Waals surface area contributed by atoms with E-state index in [0.29, 0.717) is 22.7 Å². The third kappa shape index (κ3) is 3.77. The van der Waals surface area contributed by atoms with Gasteiger partial charge in [-0.25, -0.2) is 13.2 Å². The van der Waals surface area contributed by atoms with Crippen LogP contribution < -0.4 is 4.31 Å². The number of hydrogen-bond donors (Lipinski definition) is 0. The Morgan fingerprint density at radius 3 is 2.36 bits per heavy atom. The molecule has 0 aliphatic rings. The van der Waals surface area contributed by atoms with Crippen molar-refractivity contribution < 1.29 is 22.5 Å². The van der Waals surface area contributed by atoms with Gasteiger partial charge in [-0.3, -0.25) is 4.31 Å². The Morgan fingerprint density at radius 2 is 1.71 bits per heavy atom. The minimum Gasteiger partial charge on any atom is -0.457 e. The Kier molecular flexibility index (Phi) is 5.51. The summed E-state index contributed by atoms with van der Waals surface area (Å²) in [5.74, 6) is -0.185. The van der Waals surface area contributed by atoms with Crippen LogP contribution in [-0.2, 0) is 21.4 Å². The fraction of sp³-hybridized carbons (Fsp3) is 0.200. The molecule has 0 saturated heterocycles. The highest BCUT2D eigenvalue weighted by Gasteiger charge is 2.27. The van der Waals surface area contributed by atoms with Crippen molar-refractivity contribution in [1.29, 1.82) is 0 Å². The third-order valence-corrected chi connectivity index (χ3v) is 6.24. The van der Waals surface area contributed by atoms with Crippen molar-refractivity contribution in [3.63, 3.8) is 0 Å². The highest BCUT2D eigenvalue weighted by atomic mass is 32.2. The molecule has 0 bridgehead atoms. The van der Waals surface area contributed by atoms with Crippen LogP contribution in [0, 0.1) is 13.8 Å². The number of carbonyl (C=O) groups excluding carboxylic acids is 1. The second-order valence-electron chi connectivity index (χ2n) is 6.18. The predicted molar refractivity (Wildman–Crippen MR) is 104 cm³/mol. The number of anilines is 1. The van der Waals surface area contributed by atoms with Crippen LogP contribution in [0.3, 0.4) is 0 Å². The van der Waals surface area contributed by atoms with Gasteiger partial charge in [0, 0.05) is 7.05 Å². The van der Waals surface area contributed by atoms with Crippen LogP contribution in [-0.4, -0.2) is 26.6 Å². The van der Waals surface area contributed by atoms with E-state index in [2.05, 4.69) is 5.16 Å². The van der Waals surface area contributed by atoms with Crippen molar-refractivity contribution in [2.45, 2.75) is 25.3 Å². The number of benzene rings is 2. The minimum absolute atomic E-state index is 0.0305. The van der Waals surface area contributed by atoms with E-state index in [1.165, 1.54) is 19.2 Å². The first-order valence-electron chi connectivity index (χ1n) is 8.54. The van der Waals surface area contributed by atoms with Crippen molar-refractivity contribution in [2.24, 2.45) is 0 Å². The lowest BCUT2D eigenvalue weighted by Crippen LogP contribution is -2.28. The van der Waals surface area contributed by atoms with E-state index >= 15 is 0 Å². The molecule has 0 unspecified atom stereocenters. The average molecular weight is 400 g/mol. The van der Waals surface area contributed by atoms with Gasteiger partial charge in [-0.1, -0.05) is 35.5 Å². The smallest absolute Gasteiger partial charge is 0.339 e. The molecule has 0 amide bonds. The molecule has 0 spiro atoms. The molecule has 1 aromatic heterocycles. The molecule has 146 valence electrons. The van der Waals surface area contributed by atoms with Crippen molar-refractivity contribution in [1.82, 2.24) is 5.16 Å². The second kappa shape index (κ2) is 7.85. The summed E-state index contributed by atoms with van der Waals surface area (Å²) < 4.78 is 37.7. The van der Waals surface area contributed by atoms with Gasteiger partial charge < -0.3 is 9.26 Å². The number of hydrogen-bond acceptors (Lipinski definition) is 6. The van der Waals surface area contributed by atoms with Gasteiger partial charge in [0.1, 0.15) is 17.3 Å². The van der Waals surface area contributed by atoms with E-state index in [-0.39, 0.29) is 17.1 Å². The molecular formula is C20H20N2O5S. The van der Waals surface area contributed by atoms with Crippen molar-refractivity contribution in [3.05, 3.63) is 77.2 Å². The fourth-order valence-corrected chi connectivity index (χ4v) is 4.08. The summed E-state index contributed by atoms with van der Waals surface area (Å²) in [4.78, 5) is 12.5. The van der Waals surface area contributed by atoms with Gasteiger partial charge in [-0.05, 0) is 38.1 Å². The number of nitrogens with zero attached hydrogens (tertiary/aromatic N) is 2. The van der Waals surface area contributed by atoms with Crippen LogP contribution in [0.15, 0.2) is 64.0 Å². The number of aryl methyl sites for hydroxylation is 2. The normalized spacial score (nSPS) is 11.2. The summed E-state index contributed by atoms with van der Waals surface area (Å²) in [6.07, 6.45) is 0. The average Bonchev–Trinajstić information content (AvgIpc) is 3.03. The van der Waals surface area contributed by atoms with Gasteiger partial charge >= 0.3 is 5.97 Å². The number of ether oxygens (including phenoxy) is 1. The standard InChI is InChI=1S/C20H20N2O5S/c1-14-18(15(2)27-21-14)13-26-20(23)17-11-7-8-12-19(17)28(24,25)22(3)16-9-5-4-6-10-16/h4-12H,13H2,1-3H3. The lowest BCUT2D eigenvalue weighted by molar-refractivity contribution is 0.0466. The molecular weight excluding hydrogens is 380 g/mol. The highest BCUT2D eigenvalue weighted by molar-refractivity contribution is 7.92. The molecule has 0 N–H and O–H groups in total. The Bertz CT molecular complexity index is 1070. The zero-order valence-corrected chi connectivity index (χ0v) is 16.6. The van der Waals surface area contributed by atoms with Gasteiger partial charge in [0.2, 0.25) is 0 Å². The number of aromatic nitrogens is 1. The van der Waals surface area contributed by atoms with Crippen LogP contribution in [0.5, 0.6) is 0 Å². The molecule has 0 radical (unpaired) electrons. The third-order valence-electron chi connectivity index (χ3n) is 4.39. The number of rotatable bonds is 6. The van der Waals surface area contributed by atoms with Gasteiger partial charge in [-0.2, -0.15) is 0 Å². The van der Waals surface area contributed by atoms with E-state index in [1.807, 2.05) is 0 Å². The second-order valence-corrected chi connectivity index (χ2v) is 8.12. The Labute approximate surface area is 163 Å². The summed E-state index contributed by atoms with van der Waals surface area (Å²) in [5.41, 5.74) is 1.74. The van der Waals surface area contributed by atoms with E-state index in [1.54, 1.807) is 56.3 Å². The Morgan fingerprint density at radius 1 is 1.07 bits per heavy atom. The van der Waals surface area contributed by atoms with Crippen molar-refractivity contribution >= 4 is 21.7 Å². The van der Waals surface area contributed by atoms with Crippen LogP contribution in [0.4, 0.5) is 5.69 Å². The SMILES string of the molecule is Cc1noc(C)c1COC(=O)c1ccccc1S(=O)(=O)N(C)c1ccccc1. The Hall–Kier alpha value is -3.13. The molecule has 3 rings (SSSR count). The summed E-state index contributed by atoms with van der Waals surface area (Å²) >= 11 is 0. The monoisotopic (exact) mass is 400 g/mol. The molecule has 3 aromatic rings. The largest absolute Gasteiger partial charge is 0.457 e.